The molecule has 2 N–H and O–H groups in total. The first-order valence-corrected chi connectivity index (χ1v) is 7.86. The van der Waals surface area contributed by atoms with Gasteiger partial charge in [0, 0.05) is 25.0 Å². The van der Waals surface area contributed by atoms with Crippen molar-refractivity contribution in [1.82, 2.24) is 4.90 Å². The molecule has 1 aromatic heterocycles. The third-order valence-corrected chi connectivity index (χ3v) is 4.29. The summed E-state index contributed by atoms with van der Waals surface area (Å²) in [5, 5.41) is 0.780. The van der Waals surface area contributed by atoms with Crippen molar-refractivity contribution in [3.63, 3.8) is 0 Å². The zero-order chi connectivity index (χ0) is 17.1. The number of hydrogen-bond acceptors (Lipinski definition) is 4. The number of fused-ring (bicyclic) bond motifs is 1. The lowest BCUT2D eigenvalue weighted by Crippen LogP contribution is -2.36. The lowest BCUT2D eigenvalue weighted by atomic mass is 10.0. The largest absolute Gasteiger partial charge is 0.422 e. The highest BCUT2D eigenvalue weighted by atomic mass is 16.4. The van der Waals surface area contributed by atoms with Crippen molar-refractivity contribution in [2.75, 3.05) is 13.6 Å². The number of hydrogen-bond donors (Lipinski definition) is 1. The van der Waals surface area contributed by atoms with Crippen LogP contribution in [0.5, 0.6) is 0 Å². The van der Waals surface area contributed by atoms with E-state index in [0.717, 1.165) is 5.39 Å². The van der Waals surface area contributed by atoms with Gasteiger partial charge in [-0.1, -0.05) is 32.0 Å². The Bertz CT molecular complexity index is 764. The molecule has 23 heavy (non-hydrogen) atoms. The van der Waals surface area contributed by atoms with E-state index in [2.05, 4.69) is 13.8 Å². The Balaban J connectivity index is 2.29. The molecule has 1 amide bonds. The van der Waals surface area contributed by atoms with Gasteiger partial charge in [0.05, 0.1) is 0 Å². The average molecular weight is 316 g/mol. The maximum atomic E-state index is 12.6. The Morgan fingerprint density at radius 1 is 1.30 bits per heavy atom. The molecule has 1 heterocycles. The number of rotatable bonds is 5. The van der Waals surface area contributed by atoms with Crippen LogP contribution < -0.4 is 11.4 Å². The molecule has 1 unspecified atom stereocenters. The van der Waals surface area contributed by atoms with Gasteiger partial charge in [0.15, 0.2) is 0 Å². The van der Waals surface area contributed by atoms with Crippen molar-refractivity contribution in [2.45, 2.75) is 33.2 Å². The highest BCUT2D eigenvalue weighted by Gasteiger charge is 2.22. The quantitative estimate of drug-likeness (QED) is 0.860. The summed E-state index contributed by atoms with van der Waals surface area (Å²) in [6, 6.07) is 7.25. The van der Waals surface area contributed by atoms with Crippen LogP contribution in [-0.2, 0) is 0 Å². The van der Waals surface area contributed by atoms with Crippen molar-refractivity contribution in [3.8, 4) is 0 Å². The highest BCUT2D eigenvalue weighted by molar-refractivity contribution is 5.99. The maximum Gasteiger partial charge on any atom is 0.349 e. The molecule has 0 saturated heterocycles. The number of amides is 1. The average Bonchev–Trinajstić information content (AvgIpc) is 2.51. The number of para-hydroxylation sites is 1. The van der Waals surface area contributed by atoms with Crippen molar-refractivity contribution >= 4 is 16.9 Å². The fourth-order valence-electron chi connectivity index (χ4n) is 2.52. The summed E-state index contributed by atoms with van der Waals surface area (Å²) in [4.78, 5) is 26.4. The summed E-state index contributed by atoms with van der Waals surface area (Å²) in [5.41, 5.74) is 6.68. The smallest absolute Gasteiger partial charge is 0.349 e. The van der Waals surface area contributed by atoms with E-state index in [1.54, 1.807) is 26.1 Å². The molecule has 0 fully saturated rings. The predicted molar refractivity (Wildman–Crippen MR) is 91.6 cm³/mol. The van der Waals surface area contributed by atoms with Crippen LogP contribution in [0.1, 0.15) is 36.2 Å². The first-order chi connectivity index (χ1) is 10.8. The summed E-state index contributed by atoms with van der Waals surface area (Å²) >= 11 is 0. The molecule has 2 rings (SSSR count). The zero-order valence-electron chi connectivity index (χ0n) is 14.1. The van der Waals surface area contributed by atoms with E-state index in [-0.39, 0.29) is 17.5 Å². The Hall–Kier alpha value is -2.14. The van der Waals surface area contributed by atoms with Crippen LogP contribution in [0, 0.1) is 12.8 Å². The summed E-state index contributed by atoms with van der Waals surface area (Å²) in [6.07, 6.45) is 0.692. The van der Waals surface area contributed by atoms with Crippen molar-refractivity contribution in [2.24, 2.45) is 11.7 Å². The molecule has 1 atom stereocenters. The molecule has 0 radical (unpaired) electrons. The standard InChI is InChI=1S/C18H24N2O3/c1-11(2)14(19)9-10-20(4)17(21)16-12(3)13-7-5-6-8-15(13)23-18(16)22/h5-8,11,14H,9-10,19H2,1-4H3. The van der Waals surface area contributed by atoms with E-state index < -0.39 is 5.63 Å². The second kappa shape index (κ2) is 6.96. The third-order valence-electron chi connectivity index (χ3n) is 4.29. The van der Waals surface area contributed by atoms with Crippen LogP contribution >= 0.6 is 0 Å². The van der Waals surface area contributed by atoms with E-state index in [9.17, 15) is 9.59 Å². The molecule has 0 saturated carbocycles. The molecule has 5 nitrogen and oxygen atoms in total. The number of nitrogens with two attached hydrogens (primary N) is 1. The van der Waals surface area contributed by atoms with Gasteiger partial charge >= 0.3 is 5.63 Å². The Kier molecular flexibility index (Phi) is 5.21. The minimum Gasteiger partial charge on any atom is -0.422 e. The van der Waals surface area contributed by atoms with Crippen LogP contribution in [0.4, 0.5) is 0 Å². The van der Waals surface area contributed by atoms with Crippen molar-refractivity contribution < 1.29 is 9.21 Å². The molecule has 0 bridgehead atoms. The maximum absolute atomic E-state index is 12.6. The number of benzene rings is 1. The van der Waals surface area contributed by atoms with Gasteiger partial charge in [-0.2, -0.15) is 0 Å². The van der Waals surface area contributed by atoms with Gasteiger partial charge in [-0.15, -0.1) is 0 Å². The van der Waals surface area contributed by atoms with Gasteiger partial charge < -0.3 is 15.1 Å². The second-order valence-electron chi connectivity index (χ2n) is 6.31. The fourth-order valence-corrected chi connectivity index (χ4v) is 2.52. The predicted octanol–water partition coefficient (Wildman–Crippen LogP) is 2.55. The van der Waals surface area contributed by atoms with Crippen molar-refractivity contribution in [1.29, 1.82) is 0 Å². The van der Waals surface area contributed by atoms with E-state index >= 15 is 0 Å². The van der Waals surface area contributed by atoms with Gasteiger partial charge in [-0.3, -0.25) is 4.79 Å². The normalized spacial score (nSPS) is 12.6. The molecule has 0 spiro atoms. The first kappa shape index (κ1) is 17.2. The number of carbonyl (C=O) groups is 1. The van der Waals surface area contributed by atoms with Gasteiger partial charge in [-0.05, 0) is 30.9 Å². The molecule has 124 valence electrons. The molecular formula is C18H24N2O3. The van der Waals surface area contributed by atoms with Crippen LogP contribution in [0.25, 0.3) is 11.0 Å². The van der Waals surface area contributed by atoms with Gasteiger partial charge in [-0.25, -0.2) is 4.79 Å². The third kappa shape index (κ3) is 3.62. The van der Waals surface area contributed by atoms with E-state index in [1.807, 2.05) is 12.1 Å². The molecule has 0 aliphatic rings. The number of aryl methyl sites for hydroxylation is 1. The summed E-state index contributed by atoms with van der Waals surface area (Å²) in [6.45, 7) is 6.38. The lowest BCUT2D eigenvalue weighted by Gasteiger charge is -2.22. The van der Waals surface area contributed by atoms with Gasteiger partial charge in [0.2, 0.25) is 0 Å². The van der Waals surface area contributed by atoms with Crippen molar-refractivity contribution in [3.05, 3.63) is 45.8 Å². The minimum atomic E-state index is -0.591. The first-order valence-electron chi connectivity index (χ1n) is 7.86. The number of carbonyl (C=O) groups excluding carboxylic acids is 1. The molecular weight excluding hydrogens is 292 g/mol. The molecule has 2 aromatic rings. The molecule has 0 aliphatic heterocycles. The Morgan fingerprint density at radius 2 is 1.96 bits per heavy atom. The highest BCUT2D eigenvalue weighted by Crippen LogP contribution is 2.19. The lowest BCUT2D eigenvalue weighted by molar-refractivity contribution is 0.0784. The van der Waals surface area contributed by atoms with Crippen LogP contribution in [0.15, 0.2) is 33.5 Å². The SMILES string of the molecule is Cc1c(C(=O)N(C)CCC(N)C(C)C)c(=O)oc2ccccc12. The van der Waals surface area contributed by atoms with Crippen LogP contribution in [0.3, 0.4) is 0 Å². The summed E-state index contributed by atoms with van der Waals surface area (Å²) in [7, 11) is 1.68. The summed E-state index contributed by atoms with van der Waals surface area (Å²) in [5.74, 6) is 0.0314. The Morgan fingerprint density at radius 3 is 2.61 bits per heavy atom. The molecule has 5 heteroatoms. The molecule has 1 aromatic carbocycles. The zero-order valence-corrected chi connectivity index (χ0v) is 14.1. The fraction of sp³-hybridized carbons (Fsp3) is 0.444. The monoisotopic (exact) mass is 316 g/mol. The summed E-state index contributed by atoms with van der Waals surface area (Å²) < 4.78 is 5.28. The topological polar surface area (TPSA) is 76.5 Å². The van der Waals surface area contributed by atoms with E-state index in [0.29, 0.717) is 30.0 Å². The van der Waals surface area contributed by atoms with Gasteiger partial charge in [0.25, 0.3) is 5.91 Å². The van der Waals surface area contributed by atoms with Crippen LogP contribution in [-0.4, -0.2) is 30.4 Å². The van der Waals surface area contributed by atoms with Gasteiger partial charge in [0.1, 0.15) is 11.1 Å². The Labute approximate surface area is 136 Å². The minimum absolute atomic E-state index is 0.0272. The van der Waals surface area contributed by atoms with E-state index in [1.165, 1.54) is 4.90 Å². The van der Waals surface area contributed by atoms with Crippen LogP contribution in [0.2, 0.25) is 0 Å². The number of nitrogens with zero attached hydrogens (tertiary/aromatic N) is 1. The second-order valence-corrected chi connectivity index (χ2v) is 6.31. The van der Waals surface area contributed by atoms with E-state index in [4.69, 9.17) is 10.2 Å². The molecule has 0 aliphatic carbocycles.